The van der Waals surface area contributed by atoms with Crippen molar-refractivity contribution < 1.29 is 4.79 Å². The summed E-state index contributed by atoms with van der Waals surface area (Å²) in [7, 11) is 2.11. The standard InChI is InChI=1S/C14H18ClN7O/c1-22-4-2-9(3-5-22)7-17-14(23)12-11(15)6-10(8-16-12)13-18-20-21-19-13/h6,8-9H,2-5,7H2,1H3,(H,17,23)(H,18,19,20,21). The number of carbonyl (C=O) groups is 1. The highest BCUT2D eigenvalue weighted by molar-refractivity contribution is 6.33. The molecule has 0 bridgehead atoms. The van der Waals surface area contributed by atoms with E-state index in [1.165, 1.54) is 6.20 Å². The number of aromatic nitrogens is 5. The summed E-state index contributed by atoms with van der Waals surface area (Å²) in [5.41, 5.74) is 0.822. The Morgan fingerprint density at radius 1 is 1.48 bits per heavy atom. The predicted octanol–water partition coefficient (Wildman–Crippen LogP) is 0.987. The number of likely N-dealkylation sites (tertiary alicyclic amines) is 1. The number of aromatic amines is 1. The molecule has 0 aromatic carbocycles. The fourth-order valence-electron chi connectivity index (χ4n) is 2.60. The number of tetrazole rings is 1. The molecule has 1 aliphatic rings. The highest BCUT2D eigenvalue weighted by Gasteiger charge is 2.19. The van der Waals surface area contributed by atoms with Gasteiger partial charge in [-0.3, -0.25) is 4.79 Å². The summed E-state index contributed by atoms with van der Waals surface area (Å²) in [6, 6.07) is 1.61. The summed E-state index contributed by atoms with van der Waals surface area (Å²) in [6.45, 7) is 2.79. The maximum atomic E-state index is 12.3. The van der Waals surface area contributed by atoms with Crippen molar-refractivity contribution in [1.82, 2.24) is 35.8 Å². The number of piperidine rings is 1. The van der Waals surface area contributed by atoms with Gasteiger partial charge in [-0.1, -0.05) is 11.6 Å². The van der Waals surface area contributed by atoms with E-state index in [9.17, 15) is 4.79 Å². The molecule has 0 unspecified atom stereocenters. The first kappa shape index (κ1) is 15.8. The minimum Gasteiger partial charge on any atom is -0.350 e. The van der Waals surface area contributed by atoms with Gasteiger partial charge in [-0.25, -0.2) is 4.98 Å². The molecular weight excluding hydrogens is 318 g/mol. The van der Waals surface area contributed by atoms with Crippen molar-refractivity contribution in [1.29, 1.82) is 0 Å². The summed E-state index contributed by atoms with van der Waals surface area (Å²) in [6.07, 6.45) is 3.70. The van der Waals surface area contributed by atoms with Crippen LogP contribution in [0.3, 0.4) is 0 Å². The zero-order valence-electron chi connectivity index (χ0n) is 12.8. The molecule has 1 aliphatic heterocycles. The molecule has 2 N–H and O–H groups in total. The number of hydrogen-bond donors (Lipinski definition) is 2. The fraction of sp³-hybridized carbons (Fsp3) is 0.500. The summed E-state index contributed by atoms with van der Waals surface area (Å²) in [5.74, 6) is 0.638. The second kappa shape index (κ2) is 7.01. The topological polar surface area (TPSA) is 99.7 Å². The third-order valence-electron chi connectivity index (χ3n) is 4.05. The lowest BCUT2D eigenvalue weighted by Gasteiger charge is -2.28. The minimum atomic E-state index is -0.256. The first-order valence-corrected chi connectivity index (χ1v) is 7.87. The predicted molar refractivity (Wildman–Crippen MR) is 85.0 cm³/mol. The van der Waals surface area contributed by atoms with E-state index in [1.54, 1.807) is 6.07 Å². The number of halogens is 1. The number of rotatable bonds is 4. The zero-order valence-corrected chi connectivity index (χ0v) is 13.5. The Morgan fingerprint density at radius 2 is 2.26 bits per heavy atom. The van der Waals surface area contributed by atoms with Gasteiger partial charge in [0, 0.05) is 18.3 Å². The molecule has 2 aromatic rings. The lowest BCUT2D eigenvalue weighted by atomic mass is 9.97. The molecule has 23 heavy (non-hydrogen) atoms. The second-order valence-electron chi connectivity index (χ2n) is 5.75. The number of amides is 1. The van der Waals surface area contributed by atoms with Gasteiger partial charge in [0.25, 0.3) is 5.91 Å². The molecule has 0 aliphatic carbocycles. The van der Waals surface area contributed by atoms with Crippen molar-refractivity contribution in [3.63, 3.8) is 0 Å². The monoisotopic (exact) mass is 335 g/mol. The van der Waals surface area contributed by atoms with Gasteiger partial charge in [0.1, 0.15) is 5.69 Å². The number of nitrogens with one attached hydrogen (secondary N) is 2. The van der Waals surface area contributed by atoms with Crippen LogP contribution in [0.4, 0.5) is 0 Å². The largest absolute Gasteiger partial charge is 0.350 e. The van der Waals surface area contributed by atoms with E-state index < -0.39 is 0 Å². The van der Waals surface area contributed by atoms with Gasteiger partial charge in [0.2, 0.25) is 5.82 Å². The molecule has 1 amide bonds. The van der Waals surface area contributed by atoms with Crippen molar-refractivity contribution in [3.8, 4) is 11.4 Å². The molecule has 0 atom stereocenters. The maximum Gasteiger partial charge on any atom is 0.271 e. The SMILES string of the molecule is CN1CCC(CNC(=O)c2ncc(-c3nn[nH]n3)cc2Cl)CC1. The second-order valence-corrected chi connectivity index (χ2v) is 6.15. The highest BCUT2D eigenvalue weighted by Crippen LogP contribution is 2.21. The van der Waals surface area contributed by atoms with Gasteiger partial charge in [0.05, 0.1) is 5.02 Å². The summed E-state index contributed by atoms with van der Waals surface area (Å²) in [5, 5.41) is 16.7. The molecule has 0 radical (unpaired) electrons. The number of hydrogen-bond acceptors (Lipinski definition) is 6. The van der Waals surface area contributed by atoms with Crippen LogP contribution in [0.5, 0.6) is 0 Å². The normalized spacial score (nSPS) is 16.4. The first-order chi connectivity index (χ1) is 11.1. The quantitative estimate of drug-likeness (QED) is 0.864. The van der Waals surface area contributed by atoms with E-state index in [1.807, 2.05) is 0 Å². The van der Waals surface area contributed by atoms with E-state index in [0.717, 1.165) is 25.9 Å². The van der Waals surface area contributed by atoms with Crippen molar-refractivity contribution in [2.24, 2.45) is 5.92 Å². The van der Waals surface area contributed by atoms with Gasteiger partial charge in [-0.2, -0.15) is 5.21 Å². The van der Waals surface area contributed by atoms with Crippen molar-refractivity contribution in [2.45, 2.75) is 12.8 Å². The van der Waals surface area contributed by atoms with Crippen molar-refractivity contribution >= 4 is 17.5 Å². The van der Waals surface area contributed by atoms with E-state index in [-0.39, 0.29) is 16.6 Å². The van der Waals surface area contributed by atoms with E-state index in [0.29, 0.717) is 23.9 Å². The van der Waals surface area contributed by atoms with Crippen LogP contribution in [-0.4, -0.2) is 63.1 Å². The maximum absolute atomic E-state index is 12.3. The molecule has 1 saturated heterocycles. The highest BCUT2D eigenvalue weighted by atomic mass is 35.5. The van der Waals surface area contributed by atoms with Crippen LogP contribution in [0.25, 0.3) is 11.4 Å². The van der Waals surface area contributed by atoms with Crippen LogP contribution in [0.2, 0.25) is 5.02 Å². The fourth-order valence-corrected chi connectivity index (χ4v) is 2.85. The first-order valence-electron chi connectivity index (χ1n) is 7.49. The Morgan fingerprint density at radius 3 is 2.91 bits per heavy atom. The molecule has 0 spiro atoms. The smallest absolute Gasteiger partial charge is 0.271 e. The third-order valence-corrected chi connectivity index (χ3v) is 4.34. The van der Waals surface area contributed by atoms with E-state index in [2.05, 4.69) is 42.9 Å². The molecule has 3 rings (SSSR count). The Balaban J connectivity index is 1.61. The Labute approximate surface area is 138 Å². The lowest BCUT2D eigenvalue weighted by Crippen LogP contribution is -2.37. The van der Waals surface area contributed by atoms with Crippen molar-refractivity contribution in [3.05, 3.63) is 23.0 Å². The van der Waals surface area contributed by atoms with Gasteiger partial charge in [-0.05, 0) is 50.2 Å². The van der Waals surface area contributed by atoms with E-state index >= 15 is 0 Å². The summed E-state index contributed by atoms with van der Waals surface area (Å²) < 4.78 is 0. The molecule has 9 heteroatoms. The zero-order chi connectivity index (χ0) is 16.2. The van der Waals surface area contributed by atoms with Crippen molar-refractivity contribution in [2.75, 3.05) is 26.7 Å². The Hall–Kier alpha value is -2.06. The molecule has 8 nitrogen and oxygen atoms in total. The number of carbonyl (C=O) groups excluding carboxylic acids is 1. The minimum absolute atomic E-state index is 0.215. The third kappa shape index (κ3) is 3.83. The van der Waals surface area contributed by atoms with Gasteiger partial charge >= 0.3 is 0 Å². The summed E-state index contributed by atoms with van der Waals surface area (Å²) >= 11 is 6.17. The van der Waals surface area contributed by atoms with Crippen LogP contribution in [0.15, 0.2) is 12.3 Å². The van der Waals surface area contributed by atoms with Crippen LogP contribution < -0.4 is 5.32 Å². The molecular formula is C14H18ClN7O. The number of H-pyrrole nitrogens is 1. The Bertz CT molecular complexity index is 668. The van der Waals surface area contributed by atoms with Gasteiger partial charge < -0.3 is 10.2 Å². The molecule has 122 valence electrons. The molecule has 1 fully saturated rings. The van der Waals surface area contributed by atoms with Gasteiger partial charge in [-0.15, -0.1) is 10.2 Å². The van der Waals surface area contributed by atoms with Gasteiger partial charge in [0.15, 0.2) is 0 Å². The summed E-state index contributed by atoms with van der Waals surface area (Å²) in [4.78, 5) is 18.7. The average molecular weight is 336 g/mol. The number of nitrogens with zero attached hydrogens (tertiary/aromatic N) is 5. The van der Waals surface area contributed by atoms with Crippen LogP contribution in [0.1, 0.15) is 23.3 Å². The molecule has 0 saturated carbocycles. The number of pyridine rings is 1. The Kier molecular flexibility index (Phi) is 4.82. The van der Waals surface area contributed by atoms with Crippen LogP contribution in [0, 0.1) is 5.92 Å². The van der Waals surface area contributed by atoms with E-state index in [4.69, 9.17) is 11.6 Å². The van der Waals surface area contributed by atoms with Crippen LogP contribution >= 0.6 is 11.6 Å². The molecule has 2 aromatic heterocycles. The molecule has 3 heterocycles. The lowest BCUT2D eigenvalue weighted by molar-refractivity contribution is 0.0934. The average Bonchev–Trinajstić information content (AvgIpc) is 3.08. The van der Waals surface area contributed by atoms with Crippen LogP contribution in [-0.2, 0) is 0 Å².